The molecule has 5 nitrogen and oxygen atoms in total. The fourth-order valence-electron chi connectivity index (χ4n) is 4.84. The smallest absolute Gasteiger partial charge is 0.310 e. The molecule has 4 aliphatic rings. The largest absolute Gasteiger partial charge is 0.481 e. The SMILES string of the molecule is O=C(O)C1C=CC(C2=CC(Cl)=C(CN3CCC(N4CCCCC4)C3=O)C(Cl)C2)=CC1. The molecule has 1 amide bonds. The number of hydrogen-bond donors (Lipinski definition) is 1. The summed E-state index contributed by atoms with van der Waals surface area (Å²) in [6.45, 7) is 3.26. The second-order valence-corrected chi connectivity index (χ2v) is 9.51. The third-order valence-corrected chi connectivity index (χ3v) is 7.40. The van der Waals surface area contributed by atoms with Crippen LogP contribution >= 0.6 is 23.2 Å². The van der Waals surface area contributed by atoms with E-state index in [9.17, 15) is 9.59 Å². The van der Waals surface area contributed by atoms with Crippen LogP contribution in [0.2, 0.25) is 0 Å². The van der Waals surface area contributed by atoms with Crippen LogP contribution < -0.4 is 0 Å². The number of allylic oxidation sites excluding steroid dienone is 6. The average molecular weight is 451 g/mol. The molecule has 1 N–H and O–H groups in total. The molecule has 2 saturated heterocycles. The molecule has 3 unspecified atom stereocenters. The number of rotatable bonds is 5. The van der Waals surface area contributed by atoms with Gasteiger partial charge in [-0.2, -0.15) is 0 Å². The Kier molecular flexibility index (Phi) is 6.71. The summed E-state index contributed by atoms with van der Waals surface area (Å²) in [4.78, 5) is 28.3. The van der Waals surface area contributed by atoms with Gasteiger partial charge < -0.3 is 10.0 Å². The van der Waals surface area contributed by atoms with Crippen LogP contribution in [-0.2, 0) is 9.59 Å². The number of carbonyl (C=O) groups is 2. The number of nitrogens with zero attached hydrogens (tertiary/aromatic N) is 2. The zero-order valence-electron chi connectivity index (χ0n) is 17.0. The molecule has 2 aliphatic carbocycles. The number of aliphatic carboxylic acids is 1. The summed E-state index contributed by atoms with van der Waals surface area (Å²) >= 11 is 13.3. The van der Waals surface area contributed by atoms with Gasteiger partial charge in [0.05, 0.1) is 17.3 Å². The van der Waals surface area contributed by atoms with Gasteiger partial charge in [-0.1, -0.05) is 36.2 Å². The maximum Gasteiger partial charge on any atom is 0.310 e. The number of hydrogen-bond acceptors (Lipinski definition) is 3. The van der Waals surface area contributed by atoms with Crippen molar-refractivity contribution < 1.29 is 14.7 Å². The molecule has 0 radical (unpaired) electrons. The van der Waals surface area contributed by atoms with E-state index < -0.39 is 11.9 Å². The zero-order chi connectivity index (χ0) is 21.3. The Morgan fingerprint density at radius 3 is 2.60 bits per heavy atom. The van der Waals surface area contributed by atoms with Crippen molar-refractivity contribution in [1.29, 1.82) is 0 Å². The van der Waals surface area contributed by atoms with Gasteiger partial charge in [0.1, 0.15) is 0 Å². The molecule has 0 aromatic rings. The Balaban J connectivity index is 1.43. The molecule has 30 heavy (non-hydrogen) atoms. The van der Waals surface area contributed by atoms with Crippen molar-refractivity contribution in [2.75, 3.05) is 26.2 Å². The molecule has 7 heteroatoms. The number of carbonyl (C=O) groups excluding carboxylic acids is 1. The van der Waals surface area contributed by atoms with Gasteiger partial charge in [-0.25, -0.2) is 0 Å². The number of likely N-dealkylation sites (tertiary alicyclic amines) is 2. The van der Waals surface area contributed by atoms with Crippen LogP contribution in [0.5, 0.6) is 0 Å². The second-order valence-electron chi connectivity index (χ2n) is 8.57. The molecule has 0 spiro atoms. The summed E-state index contributed by atoms with van der Waals surface area (Å²) in [5, 5.41) is 9.46. The van der Waals surface area contributed by atoms with Crippen molar-refractivity contribution in [3.63, 3.8) is 0 Å². The second kappa shape index (κ2) is 9.29. The summed E-state index contributed by atoms with van der Waals surface area (Å²) in [5.41, 5.74) is 2.90. The van der Waals surface area contributed by atoms with Crippen LogP contribution in [0.3, 0.4) is 0 Å². The van der Waals surface area contributed by atoms with E-state index in [-0.39, 0.29) is 17.3 Å². The summed E-state index contributed by atoms with van der Waals surface area (Å²) in [5.74, 6) is -1.08. The number of piperidine rings is 1. The lowest BCUT2D eigenvalue weighted by Crippen LogP contribution is -2.44. The molecule has 0 aromatic carbocycles. The lowest BCUT2D eigenvalue weighted by molar-refractivity contribution is -0.140. The maximum absolute atomic E-state index is 13.0. The van der Waals surface area contributed by atoms with Gasteiger partial charge in [0.2, 0.25) is 5.91 Å². The number of alkyl halides is 1. The first-order valence-corrected chi connectivity index (χ1v) is 11.6. The summed E-state index contributed by atoms with van der Waals surface area (Å²) < 4.78 is 0. The topological polar surface area (TPSA) is 60.9 Å². The van der Waals surface area contributed by atoms with Gasteiger partial charge in [0.15, 0.2) is 0 Å². The predicted molar refractivity (Wildman–Crippen MR) is 119 cm³/mol. The van der Waals surface area contributed by atoms with Gasteiger partial charge in [-0.3, -0.25) is 14.5 Å². The first kappa shape index (κ1) is 21.7. The van der Waals surface area contributed by atoms with E-state index in [1.807, 2.05) is 23.1 Å². The number of amides is 1. The normalized spacial score (nSPS) is 30.5. The van der Waals surface area contributed by atoms with E-state index in [1.54, 1.807) is 6.08 Å². The molecule has 2 aliphatic heterocycles. The molecule has 0 saturated carbocycles. The Morgan fingerprint density at radius 1 is 1.20 bits per heavy atom. The summed E-state index contributed by atoms with van der Waals surface area (Å²) in [7, 11) is 0. The van der Waals surface area contributed by atoms with Crippen LogP contribution in [0.4, 0.5) is 0 Å². The molecule has 0 bridgehead atoms. The number of halogens is 2. The third kappa shape index (κ3) is 4.53. The Morgan fingerprint density at radius 2 is 1.97 bits per heavy atom. The average Bonchev–Trinajstić information content (AvgIpc) is 3.11. The summed E-state index contributed by atoms with van der Waals surface area (Å²) in [6.07, 6.45) is 13.0. The first-order valence-electron chi connectivity index (χ1n) is 10.8. The minimum atomic E-state index is -0.812. The predicted octanol–water partition coefficient (Wildman–Crippen LogP) is 4.09. The zero-order valence-corrected chi connectivity index (χ0v) is 18.5. The molecular formula is C23H28Cl2N2O3. The fraction of sp³-hybridized carbons (Fsp3) is 0.565. The van der Waals surface area contributed by atoms with Gasteiger partial charge in [0, 0.05) is 18.1 Å². The van der Waals surface area contributed by atoms with Crippen molar-refractivity contribution in [2.45, 2.75) is 49.9 Å². The van der Waals surface area contributed by atoms with Crippen LogP contribution in [0.1, 0.15) is 38.5 Å². The van der Waals surface area contributed by atoms with Crippen LogP contribution in [-0.4, -0.2) is 64.4 Å². The highest BCUT2D eigenvalue weighted by Gasteiger charge is 2.37. The van der Waals surface area contributed by atoms with E-state index in [0.29, 0.717) is 24.4 Å². The highest BCUT2D eigenvalue weighted by Crippen LogP contribution is 2.36. The van der Waals surface area contributed by atoms with E-state index in [0.717, 1.165) is 42.8 Å². The lowest BCUT2D eigenvalue weighted by atomic mass is 9.87. The first-order chi connectivity index (χ1) is 14.4. The van der Waals surface area contributed by atoms with Gasteiger partial charge in [-0.15, -0.1) is 11.6 Å². The Bertz CT molecular complexity index is 839. The van der Waals surface area contributed by atoms with Gasteiger partial charge >= 0.3 is 5.97 Å². The van der Waals surface area contributed by atoms with Gasteiger partial charge in [0.25, 0.3) is 0 Å². The van der Waals surface area contributed by atoms with Crippen LogP contribution in [0, 0.1) is 5.92 Å². The Hall–Kier alpha value is -1.56. The molecule has 0 aromatic heterocycles. The molecule has 162 valence electrons. The fourth-order valence-corrected chi connectivity index (χ4v) is 5.57. The monoisotopic (exact) mass is 450 g/mol. The van der Waals surface area contributed by atoms with Crippen molar-refractivity contribution in [3.05, 3.63) is 46.1 Å². The summed E-state index contributed by atoms with van der Waals surface area (Å²) in [6, 6.07) is 0.00728. The highest BCUT2D eigenvalue weighted by molar-refractivity contribution is 6.33. The maximum atomic E-state index is 13.0. The highest BCUT2D eigenvalue weighted by atomic mass is 35.5. The molecule has 2 fully saturated rings. The van der Waals surface area contributed by atoms with Crippen LogP contribution in [0.25, 0.3) is 0 Å². The van der Waals surface area contributed by atoms with E-state index in [1.165, 1.54) is 19.3 Å². The quantitative estimate of drug-likeness (QED) is 0.640. The minimum Gasteiger partial charge on any atom is -0.481 e. The molecule has 4 rings (SSSR count). The third-order valence-electron chi connectivity index (χ3n) is 6.63. The van der Waals surface area contributed by atoms with Gasteiger partial charge in [-0.05, 0) is 68.0 Å². The van der Waals surface area contributed by atoms with E-state index in [4.69, 9.17) is 28.3 Å². The van der Waals surface area contributed by atoms with Crippen molar-refractivity contribution in [3.8, 4) is 0 Å². The van der Waals surface area contributed by atoms with Crippen molar-refractivity contribution >= 4 is 35.1 Å². The standard InChI is InChI=1S/C23H28Cl2N2O3/c24-19-12-17(15-4-6-16(7-5-15)23(29)30)13-20(25)18(19)14-27-11-8-21(22(27)28)26-9-2-1-3-10-26/h4-6,12,16,20-21H,1-3,7-11,13-14H2,(H,29,30). The molecule has 3 atom stereocenters. The van der Waals surface area contributed by atoms with Crippen molar-refractivity contribution in [1.82, 2.24) is 9.80 Å². The van der Waals surface area contributed by atoms with E-state index in [2.05, 4.69) is 4.90 Å². The van der Waals surface area contributed by atoms with Crippen LogP contribution in [0.15, 0.2) is 46.1 Å². The molecule has 2 heterocycles. The van der Waals surface area contributed by atoms with E-state index >= 15 is 0 Å². The van der Waals surface area contributed by atoms with Crippen molar-refractivity contribution in [2.24, 2.45) is 5.92 Å². The Labute approximate surface area is 187 Å². The number of carboxylic acid groups (broad SMARTS) is 1. The lowest BCUT2D eigenvalue weighted by Gasteiger charge is -2.31. The minimum absolute atomic E-state index is 0.00728. The molecular weight excluding hydrogens is 423 g/mol. The number of carboxylic acids is 1.